The summed E-state index contributed by atoms with van der Waals surface area (Å²) in [5, 5.41) is 0. The first-order chi connectivity index (χ1) is 9.77. The molecule has 2 rings (SSSR count). The third-order valence-electron chi connectivity index (χ3n) is 2.64. The van der Waals surface area contributed by atoms with Crippen molar-refractivity contribution >= 4 is 11.9 Å². The lowest BCUT2D eigenvalue weighted by Crippen LogP contribution is -2.09. The lowest BCUT2D eigenvalue weighted by molar-refractivity contribution is -0.141. The molecule has 20 heavy (non-hydrogen) atoms. The minimum absolute atomic E-state index is 0.303. The van der Waals surface area contributed by atoms with Crippen LogP contribution in [0.1, 0.15) is 12.8 Å². The molecule has 0 amide bonds. The van der Waals surface area contributed by atoms with E-state index in [-0.39, 0.29) is 11.9 Å². The Hall–Kier alpha value is -2.54. The molecule has 0 aromatic heterocycles. The second-order valence-electron chi connectivity index (χ2n) is 4.15. The lowest BCUT2D eigenvalue weighted by atomic mass is 10.3. The summed E-state index contributed by atoms with van der Waals surface area (Å²) in [4.78, 5) is 22.9. The Bertz CT molecular complexity index is 538. The predicted octanol–water partition coefficient (Wildman–Crippen LogP) is 2.16. The van der Waals surface area contributed by atoms with Crippen molar-refractivity contribution in [3.8, 4) is 0 Å². The highest BCUT2D eigenvalue weighted by atomic mass is 16.5. The quantitative estimate of drug-likeness (QED) is 0.404. The van der Waals surface area contributed by atoms with Gasteiger partial charge >= 0.3 is 11.9 Å². The van der Waals surface area contributed by atoms with Gasteiger partial charge in [-0.15, -0.1) is 11.5 Å². The average molecular weight is 270 g/mol. The van der Waals surface area contributed by atoms with E-state index in [2.05, 4.69) is 11.5 Å². The van der Waals surface area contributed by atoms with E-state index >= 15 is 0 Å². The van der Waals surface area contributed by atoms with Crippen molar-refractivity contribution in [1.82, 2.24) is 0 Å². The summed E-state index contributed by atoms with van der Waals surface area (Å²) in [5.74, 6) is -0.753. The summed E-state index contributed by atoms with van der Waals surface area (Å²) in [6, 6.07) is 0. The molecule has 0 atom stereocenters. The van der Waals surface area contributed by atoms with Gasteiger partial charge in [0.1, 0.15) is 11.1 Å². The van der Waals surface area contributed by atoms with Gasteiger partial charge in [-0.1, -0.05) is 12.2 Å². The summed E-state index contributed by atoms with van der Waals surface area (Å²) < 4.78 is 10.1. The van der Waals surface area contributed by atoms with Gasteiger partial charge in [-0.3, -0.25) is 0 Å². The Labute approximate surface area is 117 Å². The molecule has 0 radical (unpaired) electrons. The number of carbonyl (C=O) groups excluding carboxylic acids is 2. The molecule has 0 heterocycles. The number of esters is 2. The standard InChI is InChI=1S/C16H14O4/c17-15(13-7-1-2-8-13)19-11-5-6-12-20-16(18)14-9-3-4-10-14/h1-4,7,9H,5-6,11-12H2. The third-order valence-corrected chi connectivity index (χ3v) is 2.64. The fourth-order valence-corrected chi connectivity index (χ4v) is 1.60. The molecule has 2 aliphatic carbocycles. The molecule has 102 valence electrons. The van der Waals surface area contributed by atoms with E-state index in [4.69, 9.17) is 9.47 Å². The van der Waals surface area contributed by atoms with Gasteiger partial charge in [-0.05, 0) is 37.1 Å². The van der Waals surface area contributed by atoms with Crippen molar-refractivity contribution in [1.29, 1.82) is 0 Å². The Balaban J connectivity index is 1.54. The van der Waals surface area contributed by atoms with E-state index in [0.717, 1.165) is 0 Å². The number of hydrogen-bond acceptors (Lipinski definition) is 4. The number of allylic oxidation sites excluding steroid dienone is 2. The number of ether oxygens (including phenoxy) is 2. The van der Waals surface area contributed by atoms with Crippen molar-refractivity contribution in [2.75, 3.05) is 13.2 Å². The highest BCUT2D eigenvalue weighted by molar-refractivity contribution is 5.92. The van der Waals surface area contributed by atoms with Crippen LogP contribution >= 0.6 is 0 Å². The van der Waals surface area contributed by atoms with Gasteiger partial charge in [-0.25, -0.2) is 9.59 Å². The Morgan fingerprint density at radius 2 is 1.30 bits per heavy atom. The SMILES string of the molecule is O=C(OCCCCOC(=O)C1=C=CC=C1)C1=C=CC=C1. The Morgan fingerprint density at radius 1 is 0.850 bits per heavy atom. The van der Waals surface area contributed by atoms with Crippen LogP contribution in [0.4, 0.5) is 0 Å². The topological polar surface area (TPSA) is 52.6 Å². The maximum atomic E-state index is 11.5. The molecule has 0 saturated heterocycles. The molecule has 0 aromatic rings. The first-order valence-corrected chi connectivity index (χ1v) is 6.38. The maximum absolute atomic E-state index is 11.5. The summed E-state index contributed by atoms with van der Waals surface area (Å²) in [6.45, 7) is 0.607. The van der Waals surface area contributed by atoms with Gasteiger partial charge in [-0.2, -0.15) is 0 Å². The highest BCUT2D eigenvalue weighted by Gasteiger charge is 2.10. The monoisotopic (exact) mass is 270 g/mol. The fraction of sp³-hybridized carbons (Fsp3) is 0.250. The second kappa shape index (κ2) is 7.15. The van der Waals surface area contributed by atoms with Crippen LogP contribution in [0.5, 0.6) is 0 Å². The van der Waals surface area contributed by atoms with E-state index in [1.165, 1.54) is 0 Å². The molecular weight excluding hydrogens is 256 g/mol. The fourth-order valence-electron chi connectivity index (χ4n) is 1.60. The smallest absolute Gasteiger partial charge is 0.346 e. The van der Waals surface area contributed by atoms with Crippen LogP contribution in [-0.4, -0.2) is 25.2 Å². The molecule has 0 fully saturated rings. The number of unbranched alkanes of at least 4 members (excludes halogenated alkanes) is 1. The largest absolute Gasteiger partial charge is 0.462 e. The first kappa shape index (κ1) is 13.9. The molecule has 4 nitrogen and oxygen atoms in total. The number of hydrogen-bond donors (Lipinski definition) is 0. The summed E-state index contributed by atoms with van der Waals surface area (Å²) in [7, 11) is 0. The minimum atomic E-state index is -0.376. The van der Waals surface area contributed by atoms with Crippen molar-refractivity contribution in [3.05, 3.63) is 59.1 Å². The molecule has 0 N–H and O–H groups in total. The van der Waals surface area contributed by atoms with Gasteiger partial charge in [0.15, 0.2) is 0 Å². The molecule has 2 aliphatic rings. The minimum Gasteiger partial charge on any atom is -0.462 e. The highest BCUT2D eigenvalue weighted by Crippen LogP contribution is 2.06. The van der Waals surface area contributed by atoms with Crippen LogP contribution in [0.3, 0.4) is 0 Å². The number of rotatable bonds is 7. The molecular formula is C16H14O4. The lowest BCUT2D eigenvalue weighted by Gasteiger charge is -2.05. The van der Waals surface area contributed by atoms with Crippen LogP contribution in [0.15, 0.2) is 59.1 Å². The molecule has 0 saturated carbocycles. The van der Waals surface area contributed by atoms with E-state index in [0.29, 0.717) is 37.2 Å². The van der Waals surface area contributed by atoms with E-state index in [1.54, 1.807) is 36.5 Å². The average Bonchev–Trinajstić information content (AvgIpc) is 3.14. The Morgan fingerprint density at radius 3 is 1.65 bits per heavy atom. The van der Waals surface area contributed by atoms with Crippen LogP contribution in [-0.2, 0) is 19.1 Å². The van der Waals surface area contributed by atoms with Gasteiger partial charge in [0, 0.05) is 0 Å². The van der Waals surface area contributed by atoms with Crippen LogP contribution in [0, 0.1) is 0 Å². The molecule has 0 aromatic carbocycles. The van der Waals surface area contributed by atoms with Gasteiger partial charge in [0.05, 0.1) is 13.2 Å². The Kier molecular flexibility index (Phi) is 4.96. The van der Waals surface area contributed by atoms with Gasteiger partial charge in [0.25, 0.3) is 0 Å². The van der Waals surface area contributed by atoms with Gasteiger partial charge in [0.2, 0.25) is 0 Å². The molecule has 4 heteroatoms. The summed E-state index contributed by atoms with van der Waals surface area (Å²) in [6.07, 6.45) is 11.4. The molecule has 0 bridgehead atoms. The van der Waals surface area contributed by atoms with Crippen LogP contribution in [0.25, 0.3) is 0 Å². The van der Waals surface area contributed by atoms with Crippen molar-refractivity contribution < 1.29 is 19.1 Å². The molecule has 0 aliphatic heterocycles. The first-order valence-electron chi connectivity index (χ1n) is 6.38. The van der Waals surface area contributed by atoms with Crippen molar-refractivity contribution in [3.63, 3.8) is 0 Å². The predicted molar refractivity (Wildman–Crippen MR) is 72.6 cm³/mol. The van der Waals surface area contributed by atoms with Gasteiger partial charge < -0.3 is 9.47 Å². The van der Waals surface area contributed by atoms with Crippen LogP contribution in [0.2, 0.25) is 0 Å². The number of carbonyl (C=O) groups is 2. The van der Waals surface area contributed by atoms with Crippen molar-refractivity contribution in [2.24, 2.45) is 0 Å². The summed E-state index contributed by atoms with van der Waals surface area (Å²) in [5.41, 5.74) is 6.41. The normalized spacial score (nSPS) is 14.4. The van der Waals surface area contributed by atoms with E-state index in [9.17, 15) is 9.59 Å². The zero-order valence-electron chi connectivity index (χ0n) is 10.9. The summed E-state index contributed by atoms with van der Waals surface area (Å²) >= 11 is 0. The van der Waals surface area contributed by atoms with Crippen LogP contribution < -0.4 is 0 Å². The molecule has 0 spiro atoms. The zero-order valence-corrected chi connectivity index (χ0v) is 10.9. The molecule has 0 unspecified atom stereocenters. The van der Waals surface area contributed by atoms with Crippen molar-refractivity contribution in [2.45, 2.75) is 12.8 Å². The second-order valence-corrected chi connectivity index (χ2v) is 4.15. The van der Waals surface area contributed by atoms with E-state index in [1.807, 2.05) is 0 Å². The third kappa shape index (κ3) is 3.99. The maximum Gasteiger partial charge on any atom is 0.346 e. The zero-order chi connectivity index (χ0) is 14.2. The van der Waals surface area contributed by atoms with E-state index < -0.39 is 0 Å².